The van der Waals surface area contributed by atoms with E-state index in [2.05, 4.69) is 24.5 Å². The molecular formula is C11H24N2O. The van der Waals surface area contributed by atoms with Gasteiger partial charge in [0.15, 0.2) is 0 Å². The molecule has 1 amide bonds. The van der Waals surface area contributed by atoms with Crippen LogP contribution in [0.2, 0.25) is 0 Å². The number of rotatable bonds is 9. The van der Waals surface area contributed by atoms with Crippen molar-refractivity contribution in [2.75, 3.05) is 19.6 Å². The molecule has 0 radical (unpaired) electrons. The summed E-state index contributed by atoms with van der Waals surface area (Å²) in [6, 6.07) is 0. The normalized spacial score (nSPS) is 10.1. The molecule has 0 saturated carbocycles. The maximum Gasteiger partial charge on any atom is 0.233 e. The van der Waals surface area contributed by atoms with E-state index in [1.54, 1.807) is 0 Å². The summed E-state index contributed by atoms with van der Waals surface area (Å²) < 4.78 is 0. The van der Waals surface area contributed by atoms with Gasteiger partial charge in [0.25, 0.3) is 0 Å². The third-order valence-electron chi connectivity index (χ3n) is 2.10. The van der Waals surface area contributed by atoms with Gasteiger partial charge < -0.3 is 10.6 Å². The van der Waals surface area contributed by atoms with E-state index in [4.69, 9.17) is 0 Å². The number of hydrogen-bond acceptors (Lipinski definition) is 2. The second kappa shape index (κ2) is 10.5. The van der Waals surface area contributed by atoms with Crippen molar-refractivity contribution in [3.63, 3.8) is 0 Å². The number of carbonyl (C=O) groups is 1. The average Bonchev–Trinajstić information content (AvgIpc) is 2.18. The lowest BCUT2D eigenvalue weighted by atomic mass is 10.2. The molecule has 0 aromatic carbocycles. The first kappa shape index (κ1) is 13.4. The van der Waals surface area contributed by atoms with Gasteiger partial charge in [-0.3, -0.25) is 4.79 Å². The van der Waals surface area contributed by atoms with Gasteiger partial charge in [-0.25, -0.2) is 0 Å². The van der Waals surface area contributed by atoms with Crippen LogP contribution in [-0.4, -0.2) is 25.5 Å². The van der Waals surface area contributed by atoms with Crippen molar-refractivity contribution in [2.24, 2.45) is 0 Å². The Morgan fingerprint density at radius 1 is 1.00 bits per heavy atom. The summed E-state index contributed by atoms with van der Waals surface area (Å²) in [6.45, 7) is 6.53. The summed E-state index contributed by atoms with van der Waals surface area (Å²) in [5.74, 6) is 0.120. The average molecular weight is 200 g/mol. The molecule has 14 heavy (non-hydrogen) atoms. The van der Waals surface area contributed by atoms with Crippen molar-refractivity contribution in [3.8, 4) is 0 Å². The van der Waals surface area contributed by atoms with Crippen LogP contribution in [-0.2, 0) is 4.79 Å². The predicted molar refractivity (Wildman–Crippen MR) is 60.3 cm³/mol. The van der Waals surface area contributed by atoms with Crippen LogP contribution in [0.15, 0.2) is 0 Å². The molecule has 0 atom stereocenters. The highest BCUT2D eigenvalue weighted by Gasteiger charge is 1.97. The van der Waals surface area contributed by atoms with Gasteiger partial charge in [-0.1, -0.05) is 33.1 Å². The molecular weight excluding hydrogens is 176 g/mol. The first-order valence-corrected chi connectivity index (χ1v) is 5.78. The SMILES string of the molecule is CCCCCNCC(=O)NCCCC. The maximum atomic E-state index is 11.2. The molecule has 0 bridgehead atoms. The summed E-state index contributed by atoms with van der Waals surface area (Å²) in [5.41, 5.74) is 0. The van der Waals surface area contributed by atoms with Gasteiger partial charge in [0.1, 0.15) is 0 Å². The Hall–Kier alpha value is -0.570. The van der Waals surface area contributed by atoms with Crippen molar-refractivity contribution in [2.45, 2.75) is 46.0 Å². The summed E-state index contributed by atoms with van der Waals surface area (Å²) in [6.07, 6.45) is 5.83. The number of nitrogens with one attached hydrogen (secondary N) is 2. The molecule has 0 rings (SSSR count). The van der Waals surface area contributed by atoms with Gasteiger partial charge in [-0.15, -0.1) is 0 Å². The fourth-order valence-electron chi connectivity index (χ4n) is 1.17. The Balaban J connectivity index is 3.10. The van der Waals surface area contributed by atoms with E-state index in [0.717, 1.165) is 25.9 Å². The van der Waals surface area contributed by atoms with Crippen LogP contribution in [0.1, 0.15) is 46.0 Å². The quantitative estimate of drug-likeness (QED) is 0.556. The summed E-state index contributed by atoms with van der Waals surface area (Å²) in [7, 11) is 0. The highest BCUT2D eigenvalue weighted by Crippen LogP contribution is 1.90. The zero-order valence-corrected chi connectivity index (χ0v) is 9.57. The van der Waals surface area contributed by atoms with Crippen LogP contribution in [0.5, 0.6) is 0 Å². The molecule has 3 heteroatoms. The number of hydrogen-bond donors (Lipinski definition) is 2. The van der Waals surface area contributed by atoms with Gasteiger partial charge in [-0.05, 0) is 19.4 Å². The van der Waals surface area contributed by atoms with E-state index in [9.17, 15) is 4.79 Å². The topological polar surface area (TPSA) is 41.1 Å². The zero-order chi connectivity index (χ0) is 10.6. The lowest BCUT2D eigenvalue weighted by molar-refractivity contribution is -0.120. The Bertz CT molecular complexity index is 137. The largest absolute Gasteiger partial charge is 0.355 e. The second-order valence-corrected chi connectivity index (χ2v) is 3.59. The molecule has 0 aliphatic rings. The van der Waals surface area contributed by atoms with Gasteiger partial charge >= 0.3 is 0 Å². The van der Waals surface area contributed by atoms with Crippen molar-refractivity contribution in [1.29, 1.82) is 0 Å². The van der Waals surface area contributed by atoms with Crippen molar-refractivity contribution in [3.05, 3.63) is 0 Å². The number of carbonyl (C=O) groups excluding carboxylic acids is 1. The minimum Gasteiger partial charge on any atom is -0.355 e. The Morgan fingerprint density at radius 3 is 2.36 bits per heavy atom. The van der Waals surface area contributed by atoms with E-state index in [0.29, 0.717) is 6.54 Å². The van der Waals surface area contributed by atoms with Crippen LogP contribution in [0.4, 0.5) is 0 Å². The molecule has 0 aromatic heterocycles. The molecule has 3 nitrogen and oxygen atoms in total. The van der Waals surface area contributed by atoms with Gasteiger partial charge in [-0.2, -0.15) is 0 Å². The highest BCUT2D eigenvalue weighted by molar-refractivity contribution is 5.77. The minimum absolute atomic E-state index is 0.120. The van der Waals surface area contributed by atoms with Crippen LogP contribution in [0.3, 0.4) is 0 Å². The van der Waals surface area contributed by atoms with Gasteiger partial charge in [0.05, 0.1) is 6.54 Å². The smallest absolute Gasteiger partial charge is 0.233 e. The fraction of sp³-hybridized carbons (Fsp3) is 0.909. The first-order chi connectivity index (χ1) is 6.81. The molecule has 0 aliphatic heterocycles. The van der Waals surface area contributed by atoms with Crippen LogP contribution >= 0.6 is 0 Å². The van der Waals surface area contributed by atoms with E-state index in [1.165, 1.54) is 19.3 Å². The zero-order valence-electron chi connectivity index (χ0n) is 9.57. The van der Waals surface area contributed by atoms with E-state index in [1.807, 2.05) is 0 Å². The standard InChI is InChI=1S/C11H24N2O/c1-3-5-7-8-12-10-11(14)13-9-6-4-2/h12H,3-10H2,1-2H3,(H,13,14). The Kier molecular flexibility index (Phi) is 10.1. The van der Waals surface area contributed by atoms with Crippen molar-refractivity contribution >= 4 is 5.91 Å². The molecule has 0 unspecified atom stereocenters. The minimum atomic E-state index is 0.120. The molecule has 0 heterocycles. The third kappa shape index (κ3) is 9.52. The fourth-order valence-corrected chi connectivity index (χ4v) is 1.17. The molecule has 84 valence electrons. The Labute approximate surface area is 87.6 Å². The predicted octanol–water partition coefficient (Wildman–Crippen LogP) is 1.68. The molecule has 0 aromatic rings. The second-order valence-electron chi connectivity index (χ2n) is 3.59. The summed E-state index contributed by atoms with van der Waals surface area (Å²) in [5, 5.41) is 6.01. The molecule has 0 saturated heterocycles. The third-order valence-corrected chi connectivity index (χ3v) is 2.10. The van der Waals surface area contributed by atoms with Crippen LogP contribution in [0, 0.1) is 0 Å². The molecule has 2 N–H and O–H groups in total. The number of unbranched alkanes of at least 4 members (excludes halogenated alkanes) is 3. The van der Waals surface area contributed by atoms with E-state index >= 15 is 0 Å². The van der Waals surface area contributed by atoms with Crippen molar-refractivity contribution in [1.82, 2.24) is 10.6 Å². The Morgan fingerprint density at radius 2 is 1.71 bits per heavy atom. The maximum absolute atomic E-state index is 11.2. The summed E-state index contributed by atoms with van der Waals surface area (Å²) in [4.78, 5) is 11.2. The number of amides is 1. The lowest BCUT2D eigenvalue weighted by Crippen LogP contribution is -2.34. The van der Waals surface area contributed by atoms with Crippen LogP contribution < -0.4 is 10.6 Å². The van der Waals surface area contributed by atoms with E-state index in [-0.39, 0.29) is 5.91 Å². The lowest BCUT2D eigenvalue weighted by Gasteiger charge is -2.05. The summed E-state index contributed by atoms with van der Waals surface area (Å²) >= 11 is 0. The highest BCUT2D eigenvalue weighted by atomic mass is 16.1. The first-order valence-electron chi connectivity index (χ1n) is 5.78. The van der Waals surface area contributed by atoms with Crippen LogP contribution in [0.25, 0.3) is 0 Å². The van der Waals surface area contributed by atoms with Gasteiger partial charge in [0.2, 0.25) is 5.91 Å². The molecule has 0 spiro atoms. The molecule has 0 aliphatic carbocycles. The molecule has 0 fully saturated rings. The van der Waals surface area contributed by atoms with Gasteiger partial charge in [0, 0.05) is 6.54 Å². The van der Waals surface area contributed by atoms with E-state index < -0.39 is 0 Å². The van der Waals surface area contributed by atoms with Crippen molar-refractivity contribution < 1.29 is 4.79 Å². The monoisotopic (exact) mass is 200 g/mol.